The number of pyridine rings is 1. The highest BCUT2D eigenvalue weighted by molar-refractivity contribution is 6.07. The lowest BCUT2D eigenvalue weighted by Gasteiger charge is -2.30. The molecule has 1 aliphatic rings. The van der Waals surface area contributed by atoms with Crippen LogP contribution in [0.4, 0.5) is 17.6 Å². The number of alkyl halides is 4. The molecule has 0 unspecified atom stereocenters. The summed E-state index contributed by atoms with van der Waals surface area (Å²) in [5, 5.41) is 13.8. The second kappa shape index (κ2) is 6.07. The van der Waals surface area contributed by atoms with Crippen molar-refractivity contribution < 1.29 is 27.5 Å². The molecule has 0 aliphatic carbocycles. The van der Waals surface area contributed by atoms with Gasteiger partial charge in [0.05, 0.1) is 11.1 Å². The van der Waals surface area contributed by atoms with Crippen molar-refractivity contribution in [2.24, 2.45) is 5.10 Å². The molecule has 25 heavy (non-hydrogen) atoms. The van der Waals surface area contributed by atoms with E-state index in [-0.39, 0.29) is 10.6 Å². The number of aryl methyl sites for hydroxylation is 1. The van der Waals surface area contributed by atoms with Gasteiger partial charge < -0.3 is 5.11 Å². The van der Waals surface area contributed by atoms with Crippen LogP contribution in [-0.4, -0.2) is 45.3 Å². The van der Waals surface area contributed by atoms with E-state index in [1.54, 1.807) is 31.2 Å². The van der Waals surface area contributed by atoms with Gasteiger partial charge >= 0.3 is 0 Å². The van der Waals surface area contributed by atoms with Gasteiger partial charge in [0.25, 0.3) is 18.8 Å². The molecule has 0 radical (unpaired) electrons. The molecule has 132 valence electrons. The van der Waals surface area contributed by atoms with Crippen molar-refractivity contribution in [2.75, 3.05) is 0 Å². The smallest absolute Gasteiger partial charge is 0.287 e. The molecule has 1 aromatic carbocycles. The monoisotopic (exact) mass is 355 g/mol. The summed E-state index contributed by atoms with van der Waals surface area (Å²) in [5.41, 5.74) is -3.27. The van der Waals surface area contributed by atoms with E-state index >= 15 is 0 Å². The molecule has 1 aromatic heterocycles. The van der Waals surface area contributed by atoms with Gasteiger partial charge in [0.15, 0.2) is 0 Å². The Morgan fingerprint density at radius 3 is 2.60 bits per heavy atom. The first kappa shape index (κ1) is 17.3. The minimum Gasteiger partial charge on any atom is -0.364 e. The van der Waals surface area contributed by atoms with E-state index in [0.29, 0.717) is 16.6 Å². The van der Waals surface area contributed by atoms with Gasteiger partial charge in [-0.05, 0) is 19.1 Å². The highest BCUT2D eigenvalue weighted by Gasteiger charge is 2.53. The lowest BCUT2D eigenvalue weighted by Crippen LogP contribution is -2.51. The van der Waals surface area contributed by atoms with Crippen LogP contribution >= 0.6 is 0 Å². The van der Waals surface area contributed by atoms with Crippen molar-refractivity contribution >= 4 is 22.5 Å². The molecule has 5 nitrogen and oxygen atoms in total. The van der Waals surface area contributed by atoms with E-state index in [1.807, 2.05) is 0 Å². The molecule has 0 bridgehead atoms. The van der Waals surface area contributed by atoms with Crippen LogP contribution in [-0.2, 0) is 0 Å². The Balaban J connectivity index is 2.13. The molecule has 1 amide bonds. The van der Waals surface area contributed by atoms with Gasteiger partial charge in [-0.2, -0.15) is 10.1 Å². The third-order valence-corrected chi connectivity index (χ3v) is 3.90. The number of fused-ring (bicyclic) bond motifs is 1. The highest BCUT2D eigenvalue weighted by atomic mass is 19.3. The first-order valence-electron chi connectivity index (χ1n) is 7.31. The Morgan fingerprint density at radius 2 is 1.96 bits per heavy atom. The number of halogens is 4. The number of para-hydroxylation sites is 1. The molecule has 0 spiro atoms. The minimum atomic E-state index is -3.47. The molecular weight excluding hydrogens is 342 g/mol. The fraction of sp³-hybridized carbons (Fsp3) is 0.312. The van der Waals surface area contributed by atoms with Crippen molar-refractivity contribution in [3.05, 3.63) is 41.6 Å². The summed E-state index contributed by atoms with van der Waals surface area (Å²) in [7, 11) is 0. The maximum atomic E-state index is 13.3. The number of carbonyl (C=O) groups is 1. The molecule has 1 N–H and O–H groups in total. The number of rotatable bonds is 3. The van der Waals surface area contributed by atoms with Gasteiger partial charge in [0, 0.05) is 17.5 Å². The van der Waals surface area contributed by atoms with Crippen LogP contribution in [0.25, 0.3) is 10.9 Å². The van der Waals surface area contributed by atoms with Crippen LogP contribution in [0, 0.1) is 6.92 Å². The maximum Gasteiger partial charge on any atom is 0.287 e. The number of nitrogens with zero attached hydrogens (tertiary/aromatic N) is 3. The number of aliphatic hydroxyl groups is 1. The molecule has 2 aromatic rings. The third kappa shape index (κ3) is 2.84. The highest BCUT2D eigenvalue weighted by Crippen LogP contribution is 2.35. The molecular formula is C16H13F4N3O2. The Labute approximate surface area is 139 Å². The van der Waals surface area contributed by atoms with Crippen molar-refractivity contribution in [1.29, 1.82) is 0 Å². The van der Waals surface area contributed by atoms with Crippen molar-refractivity contribution in [3.63, 3.8) is 0 Å². The summed E-state index contributed by atoms with van der Waals surface area (Å²) in [6.45, 7) is 1.60. The molecule has 1 atom stereocenters. The zero-order valence-corrected chi connectivity index (χ0v) is 13.0. The largest absolute Gasteiger partial charge is 0.364 e. The predicted molar refractivity (Wildman–Crippen MR) is 81.7 cm³/mol. The second-order valence-electron chi connectivity index (χ2n) is 5.69. The van der Waals surface area contributed by atoms with Crippen LogP contribution in [0.5, 0.6) is 0 Å². The van der Waals surface area contributed by atoms with E-state index in [9.17, 15) is 27.5 Å². The lowest BCUT2D eigenvalue weighted by atomic mass is 10.0. The summed E-state index contributed by atoms with van der Waals surface area (Å²) in [6.07, 6.45) is -7.74. The number of hydrogen-bond acceptors (Lipinski definition) is 4. The fourth-order valence-electron chi connectivity index (χ4n) is 2.70. The molecule has 3 rings (SSSR count). The molecule has 0 saturated carbocycles. The number of hydrazone groups is 1. The molecule has 9 heteroatoms. The van der Waals surface area contributed by atoms with Crippen LogP contribution in [0.1, 0.15) is 22.5 Å². The Bertz CT molecular complexity index is 872. The summed E-state index contributed by atoms with van der Waals surface area (Å²) in [6, 6.07) is 7.81. The van der Waals surface area contributed by atoms with E-state index in [2.05, 4.69) is 10.1 Å². The number of benzene rings is 1. The quantitative estimate of drug-likeness (QED) is 0.861. The van der Waals surface area contributed by atoms with Crippen molar-refractivity contribution in [2.45, 2.75) is 31.9 Å². The first-order valence-corrected chi connectivity index (χ1v) is 7.31. The van der Waals surface area contributed by atoms with Gasteiger partial charge in [-0.15, -0.1) is 0 Å². The van der Waals surface area contributed by atoms with Crippen molar-refractivity contribution in [3.8, 4) is 0 Å². The average Bonchev–Trinajstić information content (AvgIpc) is 2.93. The van der Waals surface area contributed by atoms with Gasteiger partial charge in [-0.3, -0.25) is 9.78 Å². The fourth-order valence-corrected chi connectivity index (χ4v) is 2.70. The summed E-state index contributed by atoms with van der Waals surface area (Å²) in [5.74, 6) is -1.10. The maximum absolute atomic E-state index is 13.3. The standard InChI is InChI=1S/C16H13F4N3O2/c1-8-6-10(9-4-2-3-5-11(9)21-8)14(24)23-16(25,15(19)20)7-12(22-23)13(17)18/h2-6,13,15,25H,7H2,1H3/t16-/m0/s1. The second-order valence-corrected chi connectivity index (χ2v) is 5.69. The van der Waals surface area contributed by atoms with E-state index in [1.165, 1.54) is 6.07 Å². The Morgan fingerprint density at radius 1 is 1.28 bits per heavy atom. The Hall–Kier alpha value is -2.55. The van der Waals surface area contributed by atoms with Gasteiger partial charge in [0.2, 0.25) is 5.72 Å². The van der Waals surface area contributed by atoms with Crippen LogP contribution in [0.2, 0.25) is 0 Å². The number of hydrogen-bond donors (Lipinski definition) is 1. The van der Waals surface area contributed by atoms with Gasteiger partial charge in [0.1, 0.15) is 5.71 Å². The molecule has 0 saturated heterocycles. The predicted octanol–water partition coefficient (Wildman–Crippen LogP) is 2.96. The first-order chi connectivity index (χ1) is 11.7. The summed E-state index contributed by atoms with van der Waals surface area (Å²) < 4.78 is 52.3. The number of carbonyl (C=O) groups excluding carboxylic acids is 1. The van der Waals surface area contributed by atoms with E-state index < -0.39 is 36.6 Å². The van der Waals surface area contributed by atoms with E-state index in [0.717, 1.165) is 0 Å². The van der Waals surface area contributed by atoms with Gasteiger partial charge in [-0.25, -0.2) is 17.6 Å². The zero-order chi connectivity index (χ0) is 18.4. The number of aromatic nitrogens is 1. The number of amides is 1. The van der Waals surface area contributed by atoms with E-state index in [4.69, 9.17) is 0 Å². The topological polar surface area (TPSA) is 65.8 Å². The molecule has 2 heterocycles. The van der Waals surface area contributed by atoms with Crippen LogP contribution < -0.4 is 0 Å². The molecule has 0 fully saturated rings. The third-order valence-electron chi connectivity index (χ3n) is 3.90. The average molecular weight is 355 g/mol. The summed E-state index contributed by atoms with van der Waals surface area (Å²) in [4.78, 5) is 17.0. The van der Waals surface area contributed by atoms with Crippen LogP contribution in [0.15, 0.2) is 35.4 Å². The normalized spacial score (nSPS) is 20.6. The SMILES string of the molecule is Cc1cc(C(=O)N2N=C(C(F)F)C[C@]2(O)C(F)F)c2ccccc2n1. The minimum absolute atomic E-state index is 0.0542. The van der Waals surface area contributed by atoms with Crippen molar-refractivity contribution in [1.82, 2.24) is 9.99 Å². The summed E-state index contributed by atoms with van der Waals surface area (Å²) >= 11 is 0. The van der Waals surface area contributed by atoms with Crippen LogP contribution in [0.3, 0.4) is 0 Å². The molecule has 1 aliphatic heterocycles. The zero-order valence-electron chi connectivity index (χ0n) is 13.0. The van der Waals surface area contributed by atoms with Gasteiger partial charge in [-0.1, -0.05) is 18.2 Å². The Kier molecular flexibility index (Phi) is 4.19. The lowest BCUT2D eigenvalue weighted by molar-refractivity contribution is -0.164.